The third-order valence-electron chi connectivity index (χ3n) is 1.48. The van der Waals surface area contributed by atoms with E-state index in [1.54, 1.807) is 6.07 Å². The maximum absolute atomic E-state index is 5.74. The van der Waals surface area contributed by atoms with Crippen molar-refractivity contribution in [2.75, 3.05) is 0 Å². The molecule has 0 unspecified atom stereocenters. The molecule has 0 N–H and O–H groups in total. The van der Waals surface area contributed by atoms with Crippen LogP contribution in [0.25, 0.3) is 0 Å². The first-order valence-electron chi connectivity index (χ1n) is 3.15. The third kappa shape index (κ3) is 2.26. The summed E-state index contributed by atoms with van der Waals surface area (Å²) in [5, 5.41) is 0.664. The maximum atomic E-state index is 5.74. The predicted molar refractivity (Wildman–Crippen MR) is 50.6 cm³/mol. The fourth-order valence-corrected chi connectivity index (χ4v) is 1.50. The molecule has 0 heterocycles. The molecule has 0 radical (unpaired) electrons. The predicted octanol–water partition coefficient (Wildman–Crippen LogP) is 4.12. The van der Waals surface area contributed by atoms with Gasteiger partial charge in [0.05, 0.1) is 0 Å². The first kappa shape index (κ1) is 9.18. The Kier molecular flexibility index (Phi) is 3.06. The van der Waals surface area contributed by atoms with Gasteiger partial charge in [0.15, 0.2) is 0 Å². The molecular formula is C8H7Cl3. The lowest BCUT2D eigenvalue weighted by atomic mass is 10.1. The number of halogens is 3. The lowest BCUT2D eigenvalue weighted by Crippen LogP contribution is -1.86. The minimum atomic E-state index is -0.492. The second-order valence-electron chi connectivity index (χ2n) is 2.30. The molecular weight excluding hydrogens is 202 g/mol. The Morgan fingerprint density at radius 1 is 1.27 bits per heavy atom. The number of hydrogen-bond donors (Lipinski definition) is 0. The Labute approximate surface area is 81.1 Å². The van der Waals surface area contributed by atoms with E-state index in [0.717, 1.165) is 11.1 Å². The second-order valence-corrected chi connectivity index (χ2v) is 3.83. The van der Waals surface area contributed by atoms with E-state index in [1.165, 1.54) is 0 Å². The summed E-state index contributed by atoms with van der Waals surface area (Å²) in [6.07, 6.45) is 0. The summed E-state index contributed by atoms with van der Waals surface area (Å²) in [7, 11) is 0. The average Bonchev–Trinajstić information content (AvgIpc) is 1.94. The lowest BCUT2D eigenvalue weighted by molar-refractivity contribution is 1.27. The van der Waals surface area contributed by atoms with Gasteiger partial charge in [-0.15, -0.1) is 23.2 Å². The zero-order valence-corrected chi connectivity index (χ0v) is 8.21. The van der Waals surface area contributed by atoms with Gasteiger partial charge in [0.2, 0.25) is 0 Å². The van der Waals surface area contributed by atoms with E-state index < -0.39 is 4.84 Å². The van der Waals surface area contributed by atoms with Crippen LogP contribution in [0.1, 0.15) is 16.0 Å². The Hall–Kier alpha value is 0.0900. The van der Waals surface area contributed by atoms with Gasteiger partial charge in [-0.3, -0.25) is 0 Å². The van der Waals surface area contributed by atoms with Gasteiger partial charge >= 0.3 is 0 Å². The molecule has 3 heteroatoms. The van der Waals surface area contributed by atoms with Gasteiger partial charge in [0, 0.05) is 5.02 Å². The minimum absolute atomic E-state index is 0.492. The van der Waals surface area contributed by atoms with Crippen molar-refractivity contribution in [1.82, 2.24) is 0 Å². The van der Waals surface area contributed by atoms with Crippen LogP contribution in [0.5, 0.6) is 0 Å². The maximum Gasteiger partial charge on any atom is 0.133 e. The van der Waals surface area contributed by atoms with Crippen LogP contribution in [-0.2, 0) is 0 Å². The van der Waals surface area contributed by atoms with Crippen molar-refractivity contribution >= 4 is 34.8 Å². The van der Waals surface area contributed by atoms with Crippen LogP contribution < -0.4 is 0 Å². The first-order valence-corrected chi connectivity index (χ1v) is 4.40. The monoisotopic (exact) mass is 208 g/mol. The van der Waals surface area contributed by atoms with Crippen molar-refractivity contribution in [2.45, 2.75) is 11.8 Å². The Balaban J connectivity index is 3.13. The molecule has 0 saturated carbocycles. The van der Waals surface area contributed by atoms with Crippen LogP contribution in [0.3, 0.4) is 0 Å². The SMILES string of the molecule is Cc1ccc(Cl)cc1C(Cl)Cl. The molecule has 0 aromatic heterocycles. The summed E-state index contributed by atoms with van der Waals surface area (Å²) >= 11 is 17.1. The smallest absolute Gasteiger partial charge is 0.100 e. The fourth-order valence-electron chi connectivity index (χ4n) is 0.846. The highest BCUT2D eigenvalue weighted by molar-refractivity contribution is 6.44. The van der Waals surface area contributed by atoms with E-state index in [4.69, 9.17) is 34.8 Å². The summed E-state index contributed by atoms with van der Waals surface area (Å²) in [5.41, 5.74) is 1.94. The number of hydrogen-bond acceptors (Lipinski definition) is 0. The molecule has 60 valence electrons. The largest absolute Gasteiger partial charge is 0.133 e. The van der Waals surface area contributed by atoms with Gasteiger partial charge in [0.25, 0.3) is 0 Å². The van der Waals surface area contributed by atoms with Crippen molar-refractivity contribution in [3.05, 3.63) is 34.3 Å². The highest BCUT2D eigenvalue weighted by Gasteiger charge is 2.06. The number of benzene rings is 1. The molecule has 0 fully saturated rings. The molecule has 1 rings (SSSR count). The van der Waals surface area contributed by atoms with Crippen LogP contribution in [-0.4, -0.2) is 0 Å². The summed E-state index contributed by atoms with van der Waals surface area (Å²) in [6.45, 7) is 1.95. The van der Waals surface area contributed by atoms with Crippen LogP contribution in [0, 0.1) is 6.92 Å². The zero-order chi connectivity index (χ0) is 8.43. The molecule has 0 spiro atoms. The quantitative estimate of drug-likeness (QED) is 0.610. The molecule has 0 aliphatic heterocycles. The van der Waals surface area contributed by atoms with Gasteiger partial charge in [0.1, 0.15) is 4.84 Å². The molecule has 0 nitrogen and oxygen atoms in total. The molecule has 0 aliphatic rings. The van der Waals surface area contributed by atoms with Gasteiger partial charge in [-0.05, 0) is 30.2 Å². The van der Waals surface area contributed by atoms with Gasteiger partial charge < -0.3 is 0 Å². The molecule has 0 amide bonds. The van der Waals surface area contributed by atoms with Crippen molar-refractivity contribution in [3.8, 4) is 0 Å². The van der Waals surface area contributed by atoms with Crippen molar-refractivity contribution in [1.29, 1.82) is 0 Å². The van der Waals surface area contributed by atoms with E-state index in [0.29, 0.717) is 5.02 Å². The number of alkyl halides is 2. The normalized spacial score (nSPS) is 10.6. The average molecular weight is 210 g/mol. The first-order chi connectivity index (χ1) is 5.11. The van der Waals surface area contributed by atoms with Crippen molar-refractivity contribution in [2.24, 2.45) is 0 Å². The van der Waals surface area contributed by atoms with E-state index >= 15 is 0 Å². The highest BCUT2D eigenvalue weighted by Crippen LogP contribution is 2.29. The van der Waals surface area contributed by atoms with Gasteiger partial charge in [-0.1, -0.05) is 17.7 Å². The van der Waals surface area contributed by atoms with E-state index in [1.807, 2.05) is 19.1 Å². The minimum Gasteiger partial charge on any atom is -0.100 e. The Bertz CT molecular complexity index is 256. The second kappa shape index (κ2) is 3.66. The van der Waals surface area contributed by atoms with E-state index in [9.17, 15) is 0 Å². The van der Waals surface area contributed by atoms with Crippen LogP contribution in [0.15, 0.2) is 18.2 Å². The third-order valence-corrected chi connectivity index (χ3v) is 2.18. The van der Waals surface area contributed by atoms with Crippen LogP contribution in [0.4, 0.5) is 0 Å². The summed E-state index contributed by atoms with van der Waals surface area (Å²) in [6, 6.07) is 5.49. The molecule has 1 aromatic carbocycles. The highest BCUT2D eigenvalue weighted by atomic mass is 35.5. The van der Waals surface area contributed by atoms with Crippen molar-refractivity contribution in [3.63, 3.8) is 0 Å². The van der Waals surface area contributed by atoms with Crippen molar-refractivity contribution < 1.29 is 0 Å². The van der Waals surface area contributed by atoms with Crippen LogP contribution in [0.2, 0.25) is 5.02 Å². The summed E-state index contributed by atoms with van der Waals surface area (Å²) < 4.78 is 0. The lowest BCUT2D eigenvalue weighted by Gasteiger charge is -2.05. The van der Waals surface area contributed by atoms with E-state index in [-0.39, 0.29) is 0 Å². The summed E-state index contributed by atoms with van der Waals surface area (Å²) in [4.78, 5) is -0.492. The van der Waals surface area contributed by atoms with E-state index in [2.05, 4.69) is 0 Å². The molecule has 11 heavy (non-hydrogen) atoms. The molecule has 0 saturated heterocycles. The standard InChI is InChI=1S/C8H7Cl3/c1-5-2-3-6(9)4-7(5)8(10)11/h2-4,8H,1H3. The fraction of sp³-hybridized carbons (Fsp3) is 0.250. The molecule has 0 bridgehead atoms. The molecule has 1 aromatic rings. The van der Waals surface area contributed by atoms with Gasteiger partial charge in [-0.2, -0.15) is 0 Å². The zero-order valence-electron chi connectivity index (χ0n) is 5.94. The summed E-state index contributed by atoms with van der Waals surface area (Å²) in [5.74, 6) is 0. The Morgan fingerprint density at radius 2 is 1.91 bits per heavy atom. The van der Waals surface area contributed by atoms with Gasteiger partial charge in [-0.25, -0.2) is 0 Å². The number of rotatable bonds is 1. The van der Waals surface area contributed by atoms with Crippen LogP contribution >= 0.6 is 34.8 Å². The molecule has 0 aliphatic carbocycles. The topological polar surface area (TPSA) is 0 Å². The Morgan fingerprint density at radius 3 is 2.36 bits per heavy atom. The number of aryl methyl sites for hydroxylation is 1. The molecule has 0 atom stereocenters.